The van der Waals surface area contributed by atoms with Crippen molar-refractivity contribution in [2.75, 3.05) is 0 Å². The maximum atomic E-state index is 2.84. The highest BCUT2D eigenvalue weighted by Gasteiger charge is 2.49. The van der Waals surface area contributed by atoms with Gasteiger partial charge >= 0.3 is 0 Å². The molecular weight excluding hydrogens is 266 g/mol. The van der Waals surface area contributed by atoms with Gasteiger partial charge in [-0.05, 0) is 54.2 Å². The van der Waals surface area contributed by atoms with Crippen LogP contribution in [0.25, 0.3) is 0 Å². The van der Waals surface area contributed by atoms with E-state index in [4.69, 9.17) is 0 Å². The topological polar surface area (TPSA) is 3.24 Å². The van der Waals surface area contributed by atoms with Gasteiger partial charge < -0.3 is 0 Å². The Balaban J connectivity index is 1.44. The Hall–Kier alpha value is -1.60. The Kier molecular flexibility index (Phi) is 2.91. The van der Waals surface area contributed by atoms with Crippen LogP contribution in [0.1, 0.15) is 41.9 Å². The quantitative estimate of drug-likeness (QED) is 0.793. The van der Waals surface area contributed by atoms with Crippen LogP contribution in [-0.4, -0.2) is 17.0 Å². The molecule has 0 amide bonds. The van der Waals surface area contributed by atoms with E-state index in [-0.39, 0.29) is 0 Å². The van der Waals surface area contributed by atoms with Crippen molar-refractivity contribution in [2.45, 2.75) is 50.2 Å². The van der Waals surface area contributed by atoms with Gasteiger partial charge in [-0.1, -0.05) is 54.6 Å². The maximum absolute atomic E-state index is 2.84. The lowest BCUT2D eigenvalue weighted by Gasteiger charge is -2.42. The second-order valence-corrected chi connectivity index (χ2v) is 7.37. The van der Waals surface area contributed by atoms with E-state index >= 15 is 0 Å². The van der Waals surface area contributed by atoms with Crippen LogP contribution in [-0.2, 0) is 13.0 Å². The van der Waals surface area contributed by atoms with Crippen molar-refractivity contribution < 1.29 is 0 Å². The molecule has 4 unspecified atom stereocenters. The number of benzene rings is 2. The van der Waals surface area contributed by atoms with Gasteiger partial charge in [0.15, 0.2) is 0 Å². The summed E-state index contributed by atoms with van der Waals surface area (Å²) >= 11 is 0. The zero-order valence-electron chi connectivity index (χ0n) is 13.0. The predicted octanol–water partition coefficient (Wildman–Crippen LogP) is 4.38. The van der Waals surface area contributed by atoms with Crippen LogP contribution < -0.4 is 0 Å². The molecule has 1 heteroatoms. The molecule has 112 valence electrons. The number of nitrogens with zero attached hydrogens (tertiary/aromatic N) is 1. The first kappa shape index (κ1) is 12.9. The fourth-order valence-corrected chi connectivity index (χ4v) is 5.43. The monoisotopic (exact) mass is 289 g/mol. The minimum Gasteiger partial charge on any atom is -0.293 e. The summed E-state index contributed by atoms with van der Waals surface area (Å²) in [6.45, 7) is 1.15. The number of hydrogen-bond donors (Lipinski definition) is 0. The van der Waals surface area contributed by atoms with Gasteiger partial charge in [0, 0.05) is 18.6 Å². The molecular formula is C21H23N. The molecule has 0 N–H and O–H groups in total. The molecule has 0 aromatic heterocycles. The fraction of sp³-hybridized carbons (Fsp3) is 0.429. The average molecular weight is 289 g/mol. The molecule has 1 aliphatic carbocycles. The third-order valence-corrected chi connectivity index (χ3v) is 6.35. The second-order valence-electron chi connectivity index (χ2n) is 7.37. The Labute approximate surface area is 133 Å². The number of rotatable bonds is 2. The molecule has 2 heterocycles. The lowest BCUT2D eigenvalue weighted by atomic mass is 9.80. The molecule has 0 radical (unpaired) electrons. The number of hydrogen-bond acceptors (Lipinski definition) is 1. The van der Waals surface area contributed by atoms with Crippen molar-refractivity contribution in [3.05, 3.63) is 71.3 Å². The minimum absolute atomic E-state index is 0.802. The summed E-state index contributed by atoms with van der Waals surface area (Å²) in [6, 6.07) is 21.9. The molecule has 5 rings (SSSR count). The van der Waals surface area contributed by atoms with Gasteiger partial charge in [-0.25, -0.2) is 0 Å². The normalized spacial score (nSPS) is 32.7. The van der Waals surface area contributed by atoms with Crippen LogP contribution >= 0.6 is 0 Å². The summed E-state index contributed by atoms with van der Waals surface area (Å²) in [6.07, 6.45) is 5.51. The highest BCUT2D eigenvalue weighted by atomic mass is 15.2. The smallest absolute Gasteiger partial charge is 0.0239 e. The van der Waals surface area contributed by atoms with Crippen molar-refractivity contribution in [1.82, 2.24) is 4.90 Å². The van der Waals surface area contributed by atoms with E-state index in [9.17, 15) is 0 Å². The van der Waals surface area contributed by atoms with E-state index in [0.717, 1.165) is 30.5 Å². The van der Waals surface area contributed by atoms with Gasteiger partial charge in [-0.3, -0.25) is 4.90 Å². The van der Waals surface area contributed by atoms with E-state index in [1.54, 1.807) is 11.1 Å². The largest absolute Gasteiger partial charge is 0.293 e. The Morgan fingerprint density at radius 2 is 1.73 bits per heavy atom. The Morgan fingerprint density at radius 1 is 0.909 bits per heavy atom. The molecule has 2 fully saturated rings. The van der Waals surface area contributed by atoms with Crippen molar-refractivity contribution >= 4 is 0 Å². The summed E-state index contributed by atoms with van der Waals surface area (Å²) in [4.78, 5) is 2.84. The van der Waals surface area contributed by atoms with Crippen molar-refractivity contribution in [3.8, 4) is 0 Å². The van der Waals surface area contributed by atoms with Crippen LogP contribution in [0.3, 0.4) is 0 Å². The third kappa shape index (κ3) is 1.88. The van der Waals surface area contributed by atoms with Gasteiger partial charge in [-0.15, -0.1) is 0 Å². The lowest BCUT2D eigenvalue weighted by molar-refractivity contribution is 0.0740. The van der Waals surface area contributed by atoms with E-state index in [2.05, 4.69) is 59.5 Å². The highest BCUT2D eigenvalue weighted by molar-refractivity contribution is 5.38. The molecule has 0 spiro atoms. The molecule has 2 aliphatic heterocycles. The molecule has 4 atom stereocenters. The van der Waals surface area contributed by atoms with Crippen LogP contribution in [0, 0.1) is 5.92 Å². The van der Waals surface area contributed by atoms with E-state index in [1.807, 2.05) is 0 Å². The number of fused-ring (bicyclic) bond motifs is 6. The zero-order chi connectivity index (χ0) is 14.5. The summed E-state index contributed by atoms with van der Waals surface area (Å²) in [5.74, 6) is 1.69. The summed E-state index contributed by atoms with van der Waals surface area (Å²) in [5.41, 5.74) is 4.78. The average Bonchev–Trinajstić information content (AvgIpc) is 3.06. The van der Waals surface area contributed by atoms with Gasteiger partial charge in [0.05, 0.1) is 0 Å². The van der Waals surface area contributed by atoms with Gasteiger partial charge in [0.1, 0.15) is 0 Å². The highest BCUT2D eigenvalue weighted by Crippen LogP contribution is 2.52. The second kappa shape index (κ2) is 4.96. The van der Waals surface area contributed by atoms with Crippen LogP contribution in [0.15, 0.2) is 54.6 Å². The molecule has 22 heavy (non-hydrogen) atoms. The molecule has 1 nitrogen and oxygen atoms in total. The minimum atomic E-state index is 0.802. The van der Waals surface area contributed by atoms with Gasteiger partial charge in [0.2, 0.25) is 0 Å². The summed E-state index contributed by atoms with van der Waals surface area (Å²) in [7, 11) is 0. The zero-order valence-corrected chi connectivity index (χ0v) is 13.0. The van der Waals surface area contributed by atoms with Crippen molar-refractivity contribution in [1.29, 1.82) is 0 Å². The third-order valence-electron chi connectivity index (χ3n) is 6.35. The van der Waals surface area contributed by atoms with Crippen molar-refractivity contribution in [2.24, 2.45) is 5.92 Å². The number of piperidine rings is 1. The van der Waals surface area contributed by atoms with Crippen molar-refractivity contribution in [3.63, 3.8) is 0 Å². The van der Waals surface area contributed by atoms with Gasteiger partial charge in [-0.2, -0.15) is 0 Å². The predicted molar refractivity (Wildman–Crippen MR) is 89.8 cm³/mol. The fourth-order valence-electron chi connectivity index (χ4n) is 5.43. The molecule has 0 saturated carbocycles. The molecule has 2 bridgehead atoms. The van der Waals surface area contributed by atoms with E-state index < -0.39 is 0 Å². The SMILES string of the molecule is c1ccc(CN2C3CCC2C2Cc4ccccc4C2C3)cc1. The van der Waals surface area contributed by atoms with Crippen LogP contribution in [0.5, 0.6) is 0 Å². The van der Waals surface area contributed by atoms with E-state index in [0.29, 0.717) is 0 Å². The Bertz CT molecular complexity index is 677. The summed E-state index contributed by atoms with van der Waals surface area (Å²) in [5, 5.41) is 0. The molecule has 3 aliphatic rings. The van der Waals surface area contributed by atoms with Crippen LogP contribution in [0.2, 0.25) is 0 Å². The van der Waals surface area contributed by atoms with Gasteiger partial charge in [0.25, 0.3) is 0 Å². The summed E-state index contributed by atoms with van der Waals surface area (Å²) < 4.78 is 0. The molecule has 2 saturated heterocycles. The standard InChI is InChI=1S/C21H23N/c1-2-6-15(7-3-1)14-22-17-10-11-21(22)20-12-16-8-4-5-9-18(16)19(20)13-17/h1-9,17,19-21H,10-14H2. The first-order valence-electron chi connectivity index (χ1n) is 8.77. The molecule has 2 aromatic rings. The first-order chi connectivity index (χ1) is 10.9. The van der Waals surface area contributed by atoms with E-state index in [1.165, 1.54) is 31.2 Å². The maximum Gasteiger partial charge on any atom is 0.0239 e. The van der Waals surface area contributed by atoms with Crippen LogP contribution in [0.4, 0.5) is 0 Å². The first-order valence-corrected chi connectivity index (χ1v) is 8.77. The lowest BCUT2D eigenvalue weighted by Crippen LogP contribution is -2.46. The molecule has 2 aromatic carbocycles. The Morgan fingerprint density at radius 3 is 2.64 bits per heavy atom.